The van der Waals surface area contributed by atoms with Crippen LogP contribution in [0.3, 0.4) is 0 Å². The van der Waals surface area contributed by atoms with Gasteiger partial charge in [0.2, 0.25) is 5.95 Å². The van der Waals surface area contributed by atoms with Gasteiger partial charge in [-0.25, -0.2) is 8.91 Å². The van der Waals surface area contributed by atoms with Crippen molar-refractivity contribution in [3.8, 4) is 0 Å². The van der Waals surface area contributed by atoms with E-state index in [2.05, 4.69) is 25.2 Å². The molecule has 7 heteroatoms. The Morgan fingerprint density at radius 3 is 2.80 bits per heavy atom. The highest BCUT2D eigenvalue weighted by Crippen LogP contribution is 2.21. The minimum absolute atomic E-state index is 0.295. The molecule has 4 heterocycles. The number of anilines is 1. The van der Waals surface area contributed by atoms with Crippen LogP contribution in [0.25, 0.3) is 5.65 Å². The van der Waals surface area contributed by atoms with Crippen LogP contribution in [0.15, 0.2) is 18.3 Å². The Balaban J connectivity index is 1.46. The first kappa shape index (κ1) is 12.0. The van der Waals surface area contributed by atoms with Crippen LogP contribution in [0.5, 0.6) is 0 Å². The lowest BCUT2D eigenvalue weighted by molar-refractivity contribution is 0.146. The second-order valence-corrected chi connectivity index (χ2v) is 5.41. The molecule has 0 saturated carbocycles. The molecule has 2 fully saturated rings. The minimum atomic E-state index is -0.295. The van der Waals surface area contributed by atoms with Gasteiger partial charge in [-0.05, 0) is 12.1 Å². The summed E-state index contributed by atoms with van der Waals surface area (Å²) in [5.41, 5.74) is 0.687. The fourth-order valence-electron chi connectivity index (χ4n) is 2.88. The molecule has 4 rings (SSSR count). The number of piperazine rings is 1. The lowest BCUT2D eigenvalue weighted by atomic mass is 10.1. The Hall–Kier alpha value is -1.73. The Kier molecular flexibility index (Phi) is 2.82. The number of nitrogens with zero attached hydrogens (tertiary/aromatic N) is 5. The zero-order chi connectivity index (χ0) is 13.5. The van der Waals surface area contributed by atoms with Crippen molar-refractivity contribution in [2.24, 2.45) is 0 Å². The molecule has 0 spiro atoms. The van der Waals surface area contributed by atoms with Crippen LogP contribution in [0, 0.1) is 5.82 Å². The molecule has 6 nitrogen and oxygen atoms in total. The SMILES string of the molecule is Fc1ccc2nc(N3CC(N4CCNCC4)C3)nn2c1. The van der Waals surface area contributed by atoms with Gasteiger partial charge in [0.1, 0.15) is 5.82 Å². The summed E-state index contributed by atoms with van der Waals surface area (Å²) in [6.07, 6.45) is 1.36. The molecule has 2 aliphatic rings. The van der Waals surface area contributed by atoms with E-state index in [0.29, 0.717) is 17.6 Å². The Morgan fingerprint density at radius 1 is 1.20 bits per heavy atom. The summed E-state index contributed by atoms with van der Waals surface area (Å²) >= 11 is 0. The van der Waals surface area contributed by atoms with E-state index in [1.54, 1.807) is 6.07 Å². The minimum Gasteiger partial charge on any atom is -0.336 e. The zero-order valence-electron chi connectivity index (χ0n) is 11.2. The smallest absolute Gasteiger partial charge is 0.245 e. The molecule has 0 bridgehead atoms. The molecule has 0 atom stereocenters. The standard InChI is InChI=1S/C13H17FN6/c14-10-1-2-12-16-13(17-20(12)7-10)19-8-11(9-19)18-5-3-15-4-6-18/h1-2,7,11,15H,3-6,8-9H2. The van der Waals surface area contributed by atoms with Crippen molar-refractivity contribution < 1.29 is 4.39 Å². The lowest BCUT2D eigenvalue weighted by Crippen LogP contribution is -2.63. The van der Waals surface area contributed by atoms with E-state index in [1.165, 1.54) is 16.8 Å². The molecule has 1 N–H and O–H groups in total. The van der Waals surface area contributed by atoms with Gasteiger partial charge in [-0.2, -0.15) is 4.98 Å². The van der Waals surface area contributed by atoms with Crippen molar-refractivity contribution in [1.82, 2.24) is 24.8 Å². The van der Waals surface area contributed by atoms with Crippen molar-refractivity contribution in [2.45, 2.75) is 6.04 Å². The Labute approximate surface area is 116 Å². The second kappa shape index (κ2) is 4.68. The largest absolute Gasteiger partial charge is 0.336 e. The molecule has 106 valence electrons. The van der Waals surface area contributed by atoms with Gasteiger partial charge >= 0.3 is 0 Å². The van der Waals surface area contributed by atoms with Gasteiger partial charge < -0.3 is 10.2 Å². The maximum absolute atomic E-state index is 13.1. The van der Waals surface area contributed by atoms with Crippen molar-refractivity contribution in [1.29, 1.82) is 0 Å². The number of pyridine rings is 1. The summed E-state index contributed by atoms with van der Waals surface area (Å²) in [6.45, 7) is 6.29. The van der Waals surface area contributed by atoms with Crippen LogP contribution in [0.2, 0.25) is 0 Å². The normalized spacial score (nSPS) is 21.4. The third-order valence-electron chi connectivity index (χ3n) is 4.10. The van der Waals surface area contributed by atoms with Gasteiger partial charge in [0.25, 0.3) is 0 Å². The monoisotopic (exact) mass is 276 g/mol. The molecule has 0 aromatic carbocycles. The number of hydrogen-bond donors (Lipinski definition) is 1. The molecular weight excluding hydrogens is 259 g/mol. The van der Waals surface area contributed by atoms with E-state index in [-0.39, 0.29) is 5.82 Å². The van der Waals surface area contributed by atoms with Gasteiger partial charge in [0, 0.05) is 45.3 Å². The topological polar surface area (TPSA) is 48.7 Å². The van der Waals surface area contributed by atoms with Gasteiger partial charge in [0.15, 0.2) is 5.65 Å². The van der Waals surface area contributed by atoms with Crippen LogP contribution < -0.4 is 10.2 Å². The number of halogens is 1. The van der Waals surface area contributed by atoms with Crippen molar-refractivity contribution in [3.05, 3.63) is 24.1 Å². The van der Waals surface area contributed by atoms with Crippen LogP contribution in [0.4, 0.5) is 10.3 Å². The average Bonchev–Trinajstić information content (AvgIpc) is 2.80. The average molecular weight is 276 g/mol. The predicted molar refractivity (Wildman–Crippen MR) is 73.4 cm³/mol. The highest BCUT2D eigenvalue weighted by atomic mass is 19.1. The molecule has 0 aliphatic carbocycles. The first-order valence-corrected chi connectivity index (χ1v) is 7.01. The predicted octanol–water partition coefficient (Wildman–Crippen LogP) is -0.0378. The molecule has 2 saturated heterocycles. The van der Waals surface area contributed by atoms with Gasteiger partial charge in [-0.3, -0.25) is 4.90 Å². The van der Waals surface area contributed by atoms with Crippen molar-refractivity contribution >= 4 is 11.6 Å². The number of hydrogen-bond acceptors (Lipinski definition) is 5. The van der Waals surface area contributed by atoms with Crippen LogP contribution >= 0.6 is 0 Å². The molecule has 0 amide bonds. The summed E-state index contributed by atoms with van der Waals surface area (Å²) in [4.78, 5) is 9.10. The molecule has 20 heavy (non-hydrogen) atoms. The van der Waals surface area contributed by atoms with E-state index in [1.807, 2.05) is 0 Å². The molecule has 0 radical (unpaired) electrons. The molecular formula is C13H17FN6. The lowest BCUT2D eigenvalue weighted by Gasteiger charge is -2.46. The number of nitrogens with one attached hydrogen (secondary N) is 1. The summed E-state index contributed by atoms with van der Waals surface area (Å²) < 4.78 is 14.6. The third kappa shape index (κ3) is 2.03. The summed E-state index contributed by atoms with van der Waals surface area (Å²) in [5, 5.41) is 7.70. The van der Waals surface area contributed by atoms with Crippen LogP contribution in [0.1, 0.15) is 0 Å². The number of rotatable bonds is 2. The van der Waals surface area contributed by atoms with E-state index >= 15 is 0 Å². The van der Waals surface area contributed by atoms with E-state index in [9.17, 15) is 4.39 Å². The van der Waals surface area contributed by atoms with Crippen LogP contribution in [-0.4, -0.2) is 64.8 Å². The molecule has 0 unspecified atom stereocenters. The maximum Gasteiger partial charge on any atom is 0.245 e. The van der Waals surface area contributed by atoms with Crippen LogP contribution in [-0.2, 0) is 0 Å². The summed E-state index contributed by atoms with van der Waals surface area (Å²) in [7, 11) is 0. The quantitative estimate of drug-likeness (QED) is 0.834. The summed E-state index contributed by atoms with van der Waals surface area (Å²) in [6, 6.07) is 3.66. The number of fused-ring (bicyclic) bond motifs is 1. The highest BCUT2D eigenvalue weighted by molar-refractivity contribution is 5.46. The Morgan fingerprint density at radius 2 is 2.00 bits per heavy atom. The highest BCUT2D eigenvalue weighted by Gasteiger charge is 2.34. The zero-order valence-corrected chi connectivity index (χ0v) is 11.2. The van der Waals surface area contributed by atoms with Crippen molar-refractivity contribution in [2.75, 3.05) is 44.2 Å². The third-order valence-corrected chi connectivity index (χ3v) is 4.10. The van der Waals surface area contributed by atoms with Crippen molar-refractivity contribution in [3.63, 3.8) is 0 Å². The maximum atomic E-state index is 13.1. The Bertz CT molecular complexity index is 614. The van der Waals surface area contributed by atoms with Gasteiger partial charge in [0.05, 0.1) is 6.20 Å². The van der Waals surface area contributed by atoms with E-state index in [0.717, 1.165) is 39.3 Å². The van der Waals surface area contributed by atoms with Gasteiger partial charge in [-0.1, -0.05) is 0 Å². The second-order valence-electron chi connectivity index (χ2n) is 5.41. The van der Waals surface area contributed by atoms with E-state index in [4.69, 9.17) is 0 Å². The first-order chi connectivity index (χ1) is 9.79. The fourth-order valence-corrected chi connectivity index (χ4v) is 2.88. The molecule has 2 aromatic rings. The fraction of sp³-hybridized carbons (Fsp3) is 0.538. The summed E-state index contributed by atoms with van der Waals surface area (Å²) in [5.74, 6) is 0.401. The molecule has 2 aromatic heterocycles. The molecule has 2 aliphatic heterocycles. The first-order valence-electron chi connectivity index (χ1n) is 7.01. The number of aromatic nitrogens is 3. The van der Waals surface area contributed by atoms with E-state index < -0.39 is 0 Å². The van der Waals surface area contributed by atoms with Gasteiger partial charge in [-0.15, -0.1) is 5.10 Å².